The molecule has 2 heterocycles. The Kier molecular flexibility index (Phi) is 3.76. The van der Waals surface area contributed by atoms with Gasteiger partial charge in [0.05, 0.1) is 12.2 Å². The maximum Gasteiger partial charge on any atom is 0.338 e. The van der Waals surface area contributed by atoms with Crippen LogP contribution in [0.25, 0.3) is 0 Å². The van der Waals surface area contributed by atoms with Gasteiger partial charge in [-0.1, -0.05) is 18.2 Å². The first-order chi connectivity index (χ1) is 9.70. The van der Waals surface area contributed by atoms with Crippen molar-refractivity contribution >= 4 is 5.97 Å². The summed E-state index contributed by atoms with van der Waals surface area (Å²) in [6, 6.07) is 9.89. The standard InChI is InChI=1S/C16H21NO3/c1-17-12-7-8-14(17)13(10-18)15(9-12)20-16(19)11-5-3-2-4-6-11/h2-6,12-15,18H,7-10H2,1H3/t12-,13+,14+,15-/m0/s1. The van der Waals surface area contributed by atoms with Gasteiger partial charge in [0.1, 0.15) is 6.10 Å². The fourth-order valence-electron chi connectivity index (χ4n) is 3.69. The highest BCUT2D eigenvalue weighted by molar-refractivity contribution is 5.89. The van der Waals surface area contributed by atoms with E-state index in [0.717, 1.165) is 19.3 Å². The van der Waals surface area contributed by atoms with E-state index in [9.17, 15) is 9.90 Å². The summed E-state index contributed by atoms with van der Waals surface area (Å²) in [5.74, 6) is -0.246. The minimum absolute atomic E-state index is 0.0337. The number of hydrogen-bond acceptors (Lipinski definition) is 4. The summed E-state index contributed by atoms with van der Waals surface area (Å²) in [6.45, 7) is 0.0778. The molecule has 20 heavy (non-hydrogen) atoms. The van der Waals surface area contributed by atoms with E-state index in [1.807, 2.05) is 18.2 Å². The molecular formula is C16H21NO3. The summed E-state index contributed by atoms with van der Waals surface area (Å²) < 4.78 is 5.68. The maximum absolute atomic E-state index is 12.2. The van der Waals surface area contributed by atoms with Gasteiger partial charge < -0.3 is 9.84 Å². The number of benzene rings is 1. The van der Waals surface area contributed by atoms with Crippen LogP contribution in [0.4, 0.5) is 0 Å². The largest absolute Gasteiger partial charge is 0.458 e. The average molecular weight is 275 g/mol. The normalized spacial score (nSPS) is 33.1. The molecule has 1 aromatic rings. The monoisotopic (exact) mass is 275 g/mol. The van der Waals surface area contributed by atoms with Gasteiger partial charge in [0.2, 0.25) is 0 Å². The fraction of sp³-hybridized carbons (Fsp3) is 0.562. The molecule has 0 amide bonds. The summed E-state index contributed by atoms with van der Waals surface area (Å²) in [7, 11) is 2.11. The maximum atomic E-state index is 12.2. The summed E-state index contributed by atoms with van der Waals surface area (Å²) in [5, 5.41) is 9.66. The Balaban J connectivity index is 1.72. The Labute approximate surface area is 119 Å². The van der Waals surface area contributed by atoms with E-state index in [4.69, 9.17) is 4.74 Å². The molecule has 2 aliphatic heterocycles. The van der Waals surface area contributed by atoms with Crippen LogP contribution in [-0.4, -0.2) is 47.8 Å². The van der Waals surface area contributed by atoms with Gasteiger partial charge in [0, 0.05) is 24.4 Å². The molecule has 1 N–H and O–H groups in total. The van der Waals surface area contributed by atoms with Gasteiger partial charge >= 0.3 is 5.97 Å². The summed E-state index contributed by atoms with van der Waals surface area (Å²) in [4.78, 5) is 14.5. The van der Waals surface area contributed by atoms with Crippen molar-refractivity contribution < 1.29 is 14.6 Å². The van der Waals surface area contributed by atoms with E-state index < -0.39 is 0 Å². The minimum Gasteiger partial charge on any atom is -0.458 e. The molecule has 0 unspecified atom stereocenters. The molecule has 4 atom stereocenters. The van der Waals surface area contributed by atoms with Crippen molar-refractivity contribution in [3.05, 3.63) is 35.9 Å². The van der Waals surface area contributed by atoms with Gasteiger partial charge in [-0.3, -0.25) is 4.90 Å². The van der Waals surface area contributed by atoms with Crippen molar-refractivity contribution in [2.75, 3.05) is 13.7 Å². The zero-order valence-corrected chi connectivity index (χ0v) is 11.7. The van der Waals surface area contributed by atoms with E-state index in [1.165, 1.54) is 0 Å². The molecule has 0 spiro atoms. The Morgan fingerprint density at radius 1 is 1.35 bits per heavy atom. The van der Waals surface area contributed by atoms with Gasteiger partial charge in [-0.2, -0.15) is 0 Å². The Morgan fingerprint density at radius 2 is 2.10 bits per heavy atom. The second kappa shape index (κ2) is 5.54. The number of fused-ring (bicyclic) bond motifs is 2. The number of esters is 1. The number of aliphatic hydroxyl groups excluding tert-OH is 1. The lowest BCUT2D eigenvalue weighted by atomic mass is 9.88. The lowest BCUT2D eigenvalue weighted by molar-refractivity contribution is -0.0493. The van der Waals surface area contributed by atoms with Crippen LogP contribution in [-0.2, 0) is 4.74 Å². The van der Waals surface area contributed by atoms with Crippen molar-refractivity contribution in [2.24, 2.45) is 5.92 Å². The highest BCUT2D eigenvalue weighted by Gasteiger charge is 2.46. The van der Waals surface area contributed by atoms with E-state index in [0.29, 0.717) is 17.6 Å². The smallest absolute Gasteiger partial charge is 0.338 e. The third kappa shape index (κ3) is 2.34. The summed E-state index contributed by atoms with van der Waals surface area (Å²) >= 11 is 0. The number of nitrogens with zero attached hydrogens (tertiary/aromatic N) is 1. The van der Waals surface area contributed by atoms with Crippen LogP contribution in [0.1, 0.15) is 29.6 Å². The molecule has 0 radical (unpaired) electrons. The number of rotatable bonds is 3. The van der Waals surface area contributed by atoms with E-state index in [1.54, 1.807) is 12.1 Å². The van der Waals surface area contributed by atoms with Crippen LogP contribution < -0.4 is 0 Å². The zero-order valence-electron chi connectivity index (χ0n) is 11.7. The molecule has 2 bridgehead atoms. The topological polar surface area (TPSA) is 49.8 Å². The van der Waals surface area contributed by atoms with Crippen molar-refractivity contribution in [1.82, 2.24) is 4.90 Å². The average Bonchev–Trinajstić information content (AvgIpc) is 2.73. The SMILES string of the molecule is CN1[C@H]2CC[C@@H]1[C@@H](CO)[C@@H](OC(=O)c1ccccc1)C2. The molecule has 2 aliphatic rings. The molecule has 4 heteroatoms. The van der Waals surface area contributed by atoms with Crippen molar-refractivity contribution in [3.63, 3.8) is 0 Å². The van der Waals surface area contributed by atoms with E-state index >= 15 is 0 Å². The van der Waals surface area contributed by atoms with Crippen molar-refractivity contribution in [2.45, 2.75) is 37.5 Å². The third-order valence-corrected chi connectivity index (χ3v) is 4.85. The predicted octanol–water partition coefficient (Wildman–Crippen LogP) is 1.69. The quantitative estimate of drug-likeness (QED) is 0.853. The number of piperidine rings is 1. The minimum atomic E-state index is -0.280. The van der Waals surface area contributed by atoms with Crippen LogP contribution in [0.2, 0.25) is 0 Å². The fourth-order valence-corrected chi connectivity index (χ4v) is 3.69. The zero-order chi connectivity index (χ0) is 14.1. The van der Waals surface area contributed by atoms with Gasteiger partial charge in [-0.05, 0) is 32.0 Å². The highest BCUT2D eigenvalue weighted by atomic mass is 16.5. The van der Waals surface area contributed by atoms with Crippen LogP contribution >= 0.6 is 0 Å². The lowest BCUT2D eigenvalue weighted by Crippen LogP contribution is -2.51. The first-order valence-corrected chi connectivity index (χ1v) is 7.29. The molecule has 1 aromatic carbocycles. The Bertz CT molecular complexity index is 476. The lowest BCUT2D eigenvalue weighted by Gasteiger charge is -2.41. The number of ether oxygens (including phenoxy) is 1. The second-order valence-electron chi connectivity index (χ2n) is 5.86. The molecule has 0 aromatic heterocycles. The summed E-state index contributed by atoms with van der Waals surface area (Å²) in [5.41, 5.74) is 0.579. The molecular weight excluding hydrogens is 254 g/mol. The molecule has 0 aliphatic carbocycles. The first-order valence-electron chi connectivity index (χ1n) is 7.29. The Morgan fingerprint density at radius 3 is 2.80 bits per heavy atom. The molecule has 2 saturated heterocycles. The molecule has 2 fully saturated rings. The Hall–Kier alpha value is -1.39. The van der Waals surface area contributed by atoms with Crippen LogP contribution in [0.3, 0.4) is 0 Å². The predicted molar refractivity (Wildman–Crippen MR) is 75.4 cm³/mol. The van der Waals surface area contributed by atoms with Crippen molar-refractivity contribution in [3.8, 4) is 0 Å². The number of carbonyl (C=O) groups excluding carboxylic acids is 1. The van der Waals surface area contributed by atoms with Gasteiger partial charge in [0.15, 0.2) is 0 Å². The number of carbonyl (C=O) groups is 1. The summed E-state index contributed by atoms with van der Waals surface area (Å²) in [6.07, 6.45) is 2.89. The molecule has 4 nitrogen and oxygen atoms in total. The van der Waals surface area contributed by atoms with Crippen LogP contribution in [0.15, 0.2) is 30.3 Å². The highest BCUT2D eigenvalue weighted by Crippen LogP contribution is 2.39. The van der Waals surface area contributed by atoms with E-state index in [-0.39, 0.29) is 24.6 Å². The van der Waals surface area contributed by atoms with E-state index in [2.05, 4.69) is 11.9 Å². The molecule has 3 rings (SSSR count). The number of aliphatic hydroxyl groups is 1. The molecule has 0 saturated carbocycles. The second-order valence-corrected chi connectivity index (χ2v) is 5.86. The third-order valence-electron chi connectivity index (χ3n) is 4.85. The van der Waals surface area contributed by atoms with Crippen molar-refractivity contribution in [1.29, 1.82) is 0 Å². The van der Waals surface area contributed by atoms with Crippen LogP contribution in [0, 0.1) is 5.92 Å². The van der Waals surface area contributed by atoms with Crippen LogP contribution in [0.5, 0.6) is 0 Å². The van der Waals surface area contributed by atoms with Gasteiger partial charge in [0.25, 0.3) is 0 Å². The van der Waals surface area contributed by atoms with Gasteiger partial charge in [-0.25, -0.2) is 4.79 Å². The van der Waals surface area contributed by atoms with Gasteiger partial charge in [-0.15, -0.1) is 0 Å². The number of hydrogen-bond donors (Lipinski definition) is 1. The first kappa shape index (κ1) is 13.6. The molecule has 108 valence electrons.